The first-order chi connectivity index (χ1) is 30.7. The van der Waals surface area contributed by atoms with Gasteiger partial charge in [0.1, 0.15) is 23.2 Å². The maximum atomic E-state index is 15.0. The van der Waals surface area contributed by atoms with E-state index in [4.69, 9.17) is 5.73 Å². The van der Waals surface area contributed by atoms with Crippen molar-refractivity contribution in [3.05, 3.63) is 71.8 Å². The number of amides is 11. The van der Waals surface area contributed by atoms with Crippen LogP contribution in [0.3, 0.4) is 0 Å². The minimum atomic E-state index is -1.71. The molecule has 65 heavy (non-hydrogen) atoms. The predicted molar refractivity (Wildman–Crippen MR) is 236 cm³/mol. The average molecular weight is 899 g/mol. The standard InChI is InChI=1S/C46H62N10O9/c1-29(2)19-48-20-37(58)55-27-45(41(62)53(43(64)49-45)23-32-13-9-7-10-14-32)17-34(55)40(61)52(22-31(5)6)26-38(59)56-28-46(18-35(56)39(60)51(21-30(3)4)25-36(47)57)42(63)54(44(65)50-46)24-33-15-11-8-12-16-33/h7-16,29-31,34-35,48H,17-28H2,1-6H3,(H2,47,57)(H,49,64)(H,50,65)/t34-,35-,45-,46-/m0/s1. The molecule has 2 aromatic carbocycles. The molecule has 4 aliphatic heterocycles. The molecule has 4 aliphatic rings. The number of hydrogen-bond donors (Lipinski definition) is 4. The molecule has 4 saturated heterocycles. The van der Waals surface area contributed by atoms with Gasteiger partial charge in [0.15, 0.2) is 0 Å². The molecule has 4 heterocycles. The highest BCUT2D eigenvalue weighted by atomic mass is 16.2. The van der Waals surface area contributed by atoms with Crippen LogP contribution in [0.15, 0.2) is 60.7 Å². The van der Waals surface area contributed by atoms with Gasteiger partial charge in [-0.15, -0.1) is 0 Å². The first-order valence-electron chi connectivity index (χ1n) is 22.3. The number of benzene rings is 2. The summed E-state index contributed by atoms with van der Waals surface area (Å²) < 4.78 is 0. The molecule has 2 aromatic rings. The smallest absolute Gasteiger partial charge is 0.325 e. The van der Waals surface area contributed by atoms with Crippen LogP contribution in [-0.2, 0) is 46.7 Å². The normalized spacial score (nSPS) is 22.8. The van der Waals surface area contributed by atoms with Crippen LogP contribution in [0.2, 0.25) is 0 Å². The molecular formula is C46H62N10O9. The molecule has 0 aromatic heterocycles. The number of imide groups is 2. The number of carbonyl (C=O) groups excluding carboxylic acids is 9. The zero-order chi connectivity index (χ0) is 47.4. The van der Waals surface area contributed by atoms with E-state index in [2.05, 4.69) is 16.0 Å². The maximum absolute atomic E-state index is 15.0. The Morgan fingerprint density at radius 2 is 1.06 bits per heavy atom. The number of carbonyl (C=O) groups is 9. The van der Waals surface area contributed by atoms with E-state index in [9.17, 15) is 38.4 Å². The van der Waals surface area contributed by atoms with Crippen LogP contribution in [-0.4, -0.2) is 158 Å². The lowest BCUT2D eigenvalue weighted by Crippen LogP contribution is -2.55. The van der Waals surface area contributed by atoms with E-state index in [-0.39, 0.29) is 69.9 Å². The zero-order valence-corrected chi connectivity index (χ0v) is 38.1. The Bertz CT molecular complexity index is 2170. The van der Waals surface area contributed by atoms with Crippen molar-refractivity contribution < 1.29 is 43.2 Å². The molecule has 350 valence electrons. The van der Waals surface area contributed by atoms with Crippen LogP contribution in [0.1, 0.15) is 65.5 Å². The molecule has 4 fully saturated rings. The highest BCUT2D eigenvalue weighted by molar-refractivity contribution is 6.10. The van der Waals surface area contributed by atoms with E-state index in [0.717, 1.165) is 9.80 Å². The minimum Gasteiger partial charge on any atom is -0.368 e. The molecule has 19 nitrogen and oxygen atoms in total. The zero-order valence-electron chi connectivity index (χ0n) is 38.1. The first kappa shape index (κ1) is 48.1. The third kappa shape index (κ3) is 10.6. The van der Waals surface area contributed by atoms with Gasteiger partial charge < -0.3 is 41.3 Å². The number of hydrogen-bond acceptors (Lipinski definition) is 10. The van der Waals surface area contributed by atoms with Crippen molar-refractivity contribution in [2.75, 3.05) is 52.4 Å². The lowest BCUT2D eigenvalue weighted by molar-refractivity contribution is -0.150. The molecule has 0 aliphatic carbocycles. The van der Waals surface area contributed by atoms with Gasteiger partial charge in [-0.2, -0.15) is 0 Å². The molecule has 0 radical (unpaired) electrons. The summed E-state index contributed by atoms with van der Waals surface area (Å²) >= 11 is 0. The monoisotopic (exact) mass is 898 g/mol. The molecule has 19 heteroatoms. The van der Waals surface area contributed by atoms with E-state index in [0.29, 0.717) is 17.7 Å². The molecule has 11 amide bonds. The Labute approximate surface area is 379 Å². The largest absolute Gasteiger partial charge is 0.368 e. The van der Waals surface area contributed by atoms with Crippen molar-refractivity contribution in [2.45, 2.75) is 90.6 Å². The molecule has 6 rings (SSSR count). The Kier molecular flexibility index (Phi) is 14.6. The Balaban J connectivity index is 1.31. The molecule has 2 spiro atoms. The lowest BCUT2D eigenvalue weighted by atomic mass is 9.95. The molecule has 5 N–H and O–H groups in total. The van der Waals surface area contributed by atoms with Gasteiger partial charge in [0.05, 0.1) is 45.8 Å². The summed E-state index contributed by atoms with van der Waals surface area (Å²) in [6, 6.07) is 13.8. The van der Waals surface area contributed by atoms with Crippen LogP contribution in [0, 0.1) is 17.8 Å². The quantitative estimate of drug-likeness (QED) is 0.154. The first-order valence-corrected chi connectivity index (χ1v) is 22.3. The summed E-state index contributed by atoms with van der Waals surface area (Å²) in [6.45, 7) is 9.89. The van der Waals surface area contributed by atoms with Gasteiger partial charge in [-0.3, -0.25) is 43.4 Å². The van der Waals surface area contributed by atoms with Crippen molar-refractivity contribution in [1.29, 1.82) is 0 Å². The molecule has 4 atom stereocenters. The molecule has 0 saturated carbocycles. The Morgan fingerprint density at radius 3 is 1.46 bits per heavy atom. The summed E-state index contributed by atoms with van der Waals surface area (Å²) in [4.78, 5) is 133. The van der Waals surface area contributed by atoms with Crippen LogP contribution < -0.4 is 21.7 Å². The van der Waals surface area contributed by atoms with Crippen molar-refractivity contribution in [3.8, 4) is 0 Å². The average Bonchev–Trinajstić information content (AvgIpc) is 3.95. The van der Waals surface area contributed by atoms with Crippen molar-refractivity contribution in [3.63, 3.8) is 0 Å². The van der Waals surface area contributed by atoms with Crippen LogP contribution in [0.5, 0.6) is 0 Å². The van der Waals surface area contributed by atoms with Crippen LogP contribution in [0.25, 0.3) is 0 Å². The summed E-state index contributed by atoms with van der Waals surface area (Å²) in [5.41, 5.74) is 3.62. The highest BCUT2D eigenvalue weighted by Gasteiger charge is 2.62. The van der Waals surface area contributed by atoms with Gasteiger partial charge in [0.2, 0.25) is 29.5 Å². The topological polar surface area (TPSA) is 235 Å². The Hall–Kier alpha value is -6.37. The number of likely N-dealkylation sites (tertiary alicyclic amines) is 2. The second-order valence-electron chi connectivity index (χ2n) is 19.0. The highest BCUT2D eigenvalue weighted by Crippen LogP contribution is 2.37. The van der Waals surface area contributed by atoms with E-state index in [1.165, 1.54) is 19.6 Å². The number of primary amides is 1. The summed E-state index contributed by atoms with van der Waals surface area (Å²) in [5, 5.41) is 8.67. The number of rotatable bonds is 18. The third-order valence-electron chi connectivity index (χ3n) is 12.1. The SMILES string of the molecule is CC(C)CNCC(=O)N1C[C@]2(C[C@H]1C(=O)N(CC(=O)N1C[C@]3(C[C@H]1C(=O)N(CC(N)=O)CC(C)C)NC(=O)N(Cc1ccccc1)C3=O)CC(C)C)NC(=O)N(Cc1ccccc1)C2=O. The predicted octanol–water partition coefficient (Wildman–Crippen LogP) is 0.870. The number of nitrogens with zero attached hydrogens (tertiary/aromatic N) is 6. The van der Waals surface area contributed by atoms with Crippen LogP contribution >= 0.6 is 0 Å². The van der Waals surface area contributed by atoms with E-state index < -0.39 is 96.2 Å². The fourth-order valence-electron chi connectivity index (χ4n) is 9.22. The van der Waals surface area contributed by atoms with E-state index in [1.807, 2.05) is 47.6 Å². The van der Waals surface area contributed by atoms with E-state index >= 15 is 4.79 Å². The fourth-order valence-corrected chi connectivity index (χ4v) is 9.22. The molecule has 0 bridgehead atoms. The van der Waals surface area contributed by atoms with Gasteiger partial charge in [0, 0.05) is 25.9 Å². The summed E-state index contributed by atoms with van der Waals surface area (Å²) in [6.07, 6.45) is -0.569. The van der Waals surface area contributed by atoms with Crippen molar-refractivity contribution in [2.24, 2.45) is 23.5 Å². The lowest BCUT2D eigenvalue weighted by Gasteiger charge is -2.34. The van der Waals surface area contributed by atoms with Crippen molar-refractivity contribution >= 4 is 53.4 Å². The van der Waals surface area contributed by atoms with Gasteiger partial charge in [0.25, 0.3) is 11.8 Å². The minimum absolute atomic E-state index is 0.0153. The molecule has 0 unspecified atom stereocenters. The summed E-state index contributed by atoms with van der Waals surface area (Å²) in [5.74, 6) is -4.67. The second kappa shape index (κ2) is 19.8. The second-order valence-corrected chi connectivity index (χ2v) is 19.0. The van der Waals surface area contributed by atoms with Gasteiger partial charge in [-0.25, -0.2) is 9.59 Å². The van der Waals surface area contributed by atoms with Crippen molar-refractivity contribution in [1.82, 2.24) is 45.3 Å². The van der Waals surface area contributed by atoms with Gasteiger partial charge in [-0.1, -0.05) is 102 Å². The van der Waals surface area contributed by atoms with E-state index in [1.54, 1.807) is 54.6 Å². The number of nitrogens with two attached hydrogens (primary N) is 1. The van der Waals surface area contributed by atoms with Gasteiger partial charge in [-0.05, 0) is 35.4 Å². The van der Waals surface area contributed by atoms with Gasteiger partial charge >= 0.3 is 12.1 Å². The Morgan fingerprint density at radius 1 is 0.646 bits per heavy atom. The summed E-state index contributed by atoms with van der Waals surface area (Å²) in [7, 11) is 0. The number of urea groups is 2. The maximum Gasteiger partial charge on any atom is 0.325 e. The fraction of sp³-hybridized carbons (Fsp3) is 0.543. The number of nitrogens with one attached hydrogen (secondary N) is 3. The van der Waals surface area contributed by atoms with Crippen LogP contribution in [0.4, 0.5) is 9.59 Å². The third-order valence-corrected chi connectivity index (χ3v) is 12.1. The molecular weight excluding hydrogens is 837 g/mol.